The second-order valence-electron chi connectivity index (χ2n) is 5.35. The van der Waals surface area contributed by atoms with Crippen molar-refractivity contribution in [2.24, 2.45) is 0 Å². The predicted octanol–water partition coefficient (Wildman–Crippen LogP) is -0.178. The Morgan fingerprint density at radius 2 is 2.05 bits per heavy atom. The molecule has 0 aromatic carbocycles. The third kappa shape index (κ3) is 4.53. The van der Waals surface area contributed by atoms with Crippen molar-refractivity contribution in [3.8, 4) is 0 Å². The van der Waals surface area contributed by atoms with Crippen molar-refractivity contribution in [2.45, 2.75) is 31.4 Å². The lowest BCUT2D eigenvalue weighted by molar-refractivity contribution is -0.133. The Hall–Kier alpha value is -1.41. The van der Waals surface area contributed by atoms with Gasteiger partial charge in [-0.15, -0.1) is 0 Å². The van der Waals surface area contributed by atoms with Crippen LogP contribution in [-0.4, -0.2) is 67.1 Å². The lowest BCUT2D eigenvalue weighted by Gasteiger charge is -2.29. The maximum Gasteiger partial charge on any atom is 0.328 e. The maximum atomic E-state index is 12.2. The fourth-order valence-corrected chi connectivity index (χ4v) is 4.42. The Labute approximate surface area is 123 Å². The summed E-state index contributed by atoms with van der Waals surface area (Å²) in [6.45, 7) is 0.948. The number of carboxylic acid groups (broad SMARTS) is 1. The molecule has 0 aromatic rings. The van der Waals surface area contributed by atoms with E-state index in [0.717, 1.165) is 25.0 Å². The maximum absolute atomic E-state index is 12.2. The fraction of sp³-hybridized carbons (Fsp3) is 0.692. The molecule has 8 heteroatoms. The first-order valence-corrected chi connectivity index (χ1v) is 8.73. The van der Waals surface area contributed by atoms with Gasteiger partial charge in [0.1, 0.15) is 0 Å². The summed E-state index contributed by atoms with van der Waals surface area (Å²) in [6, 6.07) is -0.398. The van der Waals surface area contributed by atoms with Crippen molar-refractivity contribution in [1.82, 2.24) is 4.90 Å². The molecule has 118 valence electrons. The highest BCUT2D eigenvalue weighted by Gasteiger charge is 2.35. The van der Waals surface area contributed by atoms with Crippen LogP contribution in [0.3, 0.4) is 0 Å². The Morgan fingerprint density at radius 1 is 1.29 bits per heavy atom. The highest BCUT2D eigenvalue weighted by Crippen LogP contribution is 2.21. The molecule has 0 bridgehead atoms. The van der Waals surface area contributed by atoms with Gasteiger partial charge in [0.2, 0.25) is 5.91 Å². The van der Waals surface area contributed by atoms with Crippen molar-refractivity contribution in [1.29, 1.82) is 0 Å². The van der Waals surface area contributed by atoms with E-state index in [-0.39, 0.29) is 17.6 Å². The third-order valence-electron chi connectivity index (χ3n) is 3.73. The van der Waals surface area contributed by atoms with Crippen molar-refractivity contribution in [3.05, 3.63) is 12.2 Å². The number of rotatable bonds is 5. The Bertz CT molecular complexity index is 535. The van der Waals surface area contributed by atoms with Gasteiger partial charge < -0.3 is 14.7 Å². The summed E-state index contributed by atoms with van der Waals surface area (Å²) < 4.78 is 28.7. The summed E-state index contributed by atoms with van der Waals surface area (Å²) >= 11 is 0. The molecular formula is C13H19NO6S. The van der Waals surface area contributed by atoms with Crippen LogP contribution in [0.15, 0.2) is 12.2 Å². The first kappa shape index (κ1) is 16.0. The van der Waals surface area contributed by atoms with Gasteiger partial charge in [0.05, 0.1) is 17.6 Å². The fourth-order valence-electron chi connectivity index (χ4n) is 2.69. The van der Waals surface area contributed by atoms with Crippen molar-refractivity contribution in [3.63, 3.8) is 0 Å². The highest BCUT2D eigenvalue weighted by atomic mass is 32.2. The molecule has 0 aromatic heterocycles. The van der Waals surface area contributed by atoms with Gasteiger partial charge >= 0.3 is 5.97 Å². The third-order valence-corrected chi connectivity index (χ3v) is 5.48. The van der Waals surface area contributed by atoms with Crippen LogP contribution in [0.5, 0.6) is 0 Å². The zero-order chi connectivity index (χ0) is 15.5. The minimum absolute atomic E-state index is 0.0631. The second-order valence-corrected chi connectivity index (χ2v) is 7.58. The molecule has 2 fully saturated rings. The van der Waals surface area contributed by atoms with Gasteiger partial charge in [-0.1, -0.05) is 0 Å². The predicted molar refractivity (Wildman–Crippen MR) is 74.5 cm³/mol. The smallest absolute Gasteiger partial charge is 0.328 e. The molecule has 2 saturated heterocycles. The van der Waals surface area contributed by atoms with Gasteiger partial charge in [-0.25, -0.2) is 13.2 Å². The number of carbonyl (C=O) groups is 2. The summed E-state index contributed by atoms with van der Waals surface area (Å²) in [4.78, 5) is 24.1. The van der Waals surface area contributed by atoms with Crippen LogP contribution >= 0.6 is 0 Å². The van der Waals surface area contributed by atoms with Crippen LogP contribution in [0.25, 0.3) is 0 Å². The van der Waals surface area contributed by atoms with E-state index in [0.29, 0.717) is 19.6 Å². The second kappa shape index (κ2) is 6.57. The molecule has 0 radical (unpaired) electrons. The molecule has 1 N–H and O–H groups in total. The molecule has 7 nitrogen and oxygen atoms in total. The van der Waals surface area contributed by atoms with E-state index in [1.165, 1.54) is 4.90 Å². The summed E-state index contributed by atoms with van der Waals surface area (Å²) in [5.41, 5.74) is 0. The van der Waals surface area contributed by atoms with E-state index < -0.39 is 27.8 Å². The zero-order valence-electron chi connectivity index (χ0n) is 11.6. The van der Waals surface area contributed by atoms with Gasteiger partial charge in [-0.05, 0) is 19.3 Å². The van der Waals surface area contributed by atoms with Gasteiger partial charge in [0.15, 0.2) is 9.84 Å². The molecular weight excluding hydrogens is 298 g/mol. The first-order chi connectivity index (χ1) is 9.87. The van der Waals surface area contributed by atoms with Gasteiger partial charge in [0.25, 0.3) is 0 Å². The summed E-state index contributed by atoms with van der Waals surface area (Å²) in [6.07, 6.45) is 3.78. The Balaban J connectivity index is 2.09. The zero-order valence-corrected chi connectivity index (χ0v) is 12.4. The van der Waals surface area contributed by atoms with E-state index >= 15 is 0 Å². The summed E-state index contributed by atoms with van der Waals surface area (Å²) in [5.74, 6) is -1.68. The topological polar surface area (TPSA) is 101 Å². The molecule has 2 atom stereocenters. The Kier molecular flexibility index (Phi) is 5.00. The number of ether oxygens (including phenoxy) is 1. The number of nitrogens with zero attached hydrogens (tertiary/aromatic N) is 1. The molecule has 0 aliphatic carbocycles. The van der Waals surface area contributed by atoms with E-state index in [1.807, 2.05) is 0 Å². The molecule has 2 aliphatic heterocycles. The van der Waals surface area contributed by atoms with E-state index in [4.69, 9.17) is 9.84 Å². The van der Waals surface area contributed by atoms with Crippen molar-refractivity contribution in [2.75, 3.05) is 24.7 Å². The van der Waals surface area contributed by atoms with Crippen molar-refractivity contribution < 1.29 is 27.9 Å². The molecule has 2 rings (SSSR count). The Morgan fingerprint density at radius 3 is 2.57 bits per heavy atom. The molecule has 2 aliphatic rings. The van der Waals surface area contributed by atoms with Gasteiger partial charge in [-0.2, -0.15) is 0 Å². The monoisotopic (exact) mass is 317 g/mol. The largest absolute Gasteiger partial charge is 0.478 e. The minimum Gasteiger partial charge on any atom is -0.478 e. The molecule has 2 heterocycles. The lowest BCUT2D eigenvalue weighted by Crippen LogP contribution is -2.44. The average molecular weight is 317 g/mol. The number of sulfone groups is 1. The van der Waals surface area contributed by atoms with Crippen LogP contribution in [0.2, 0.25) is 0 Å². The number of aliphatic carboxylic acids is 1. The van der Waals surface area contributed by atoms with Gasteiger partial charge in [-0.3, -0.25) is 4.79 Å². The molecule has 0 spiro atoms. The summed E-state index contributed by atoms with van der Waals surface area (Å²) in [5, 5.41) is 8.60. The number of hydrogen-bond acceptors (Lipinski definition) is 5. The number of hydrogen-bond donors (Lipinski definition) is 1. The number of carbonyl (C=O) groups excluding carboxylic acids is 1. The van der Waals surface area contributed by atoms with Crippen LogP contribution in [-0.2, 0) is 24.2 Å². The standard InChI is InChI=1S/C13H19NO6S/c15-12(3-4-13(16)17)14(8-11-2-1-6-20-11)10-5-7-21(18,19)9-10/h3-4,10-11H,1-2,5-9H2,(H,16,17). The lowest BCUT2D eigenvalue weighted by atomic mass is 10.1. The number of amides is 1. The average Bonchev–Trinajstić information content (AvgIpc) is 3.02. The first-order valence-electron chi connectivity index (χ1n) is 6.91. The normalized spacial score (nSPS) is 28.0. The SMILES string of the molecule is O=C(O)C=CC(=O)N(CC1CCCO1)C1CCS(=O)(=O)C1. The van der Waals surface area contributed by atoms with Crippen molar-refractivity contribution >= 4 is 21.7 Å². The van der Waals surface area contributed by atoms with E-state index in [2.05, 4.69) is 0 Å². The summed E-state index contributed by atoms with van der Waals surface area (Å²) in [7, 11) is -3.11. The molecule has 2 unspecified atom stereocenters. The van der Waals surface area contributed by atoms with E-state index in [9.17, 15) is 18.0 Å². The van der Waals surface area contributed by atoms with Crippen LogP contribution in [0.1, 0.15) is 19.3 Å². The van der Waals surface area contributed by atoms with Gasteiger partial charge in [0, 0.05) is 31.3 Å². The van der Waals surface area contributed by atoms with Crippen LogP contribution in [0.4, 0.5) is 0 Å². The molecule has 0 saturated carbocycles. The molecule has 21 heavy (non-hydrogen) atoms. The highest BCUT2D eigenvalue weighted by molar-refractivity contribution is 7.91. The quantitative estimate of drug-likeness (QED) is 0.706. The van der Waals surface area contributed by atoms with Crippen LogP contribution in [0, 0.1) is 0 Å². The number of carboxylic acids is 1. The minimum atomic E-state index is -3.11. The van der Waals surface area contributed by atoms with E-state index in [1.54, 1.807) is 0 Å². The van der Waals surface area contributed by atoms with Crippen LogP contribution < -0.4 is 0 Å². The molecule has 1 amide bonds.